The maximum atomic E-state index is 11.7. The van der Waals surface area contributed by atoms with Crippen LogP contribution in [0.2, 0.25) is 0 Å². The molecular formula is C11H14N2O3S. The molecule has 17 heavy (non-hydrogen) atoms. The van der Waals surface area contributed by atoms with Crippen LogP contribution in [0.15, 0.2) is 29.2 Å². The molecule has 0 saturated heterocycles. The summed E-state index contributed by atoms with van der Waals surface area (Å²) in [6, 6.07) is 6.13. The van der Waals surface area contributed by atoms with E-state index in [1.165, 1.54) is 12.1 Å². The molecule has 1 amide bonds. The van der Waals surface area contributed by atoms with Gasteiger partial charge >= 0.3 is 0 Å². The van der Waals surface area contributed by atoms with Crippen LogP contribution >= 0.6 is 0 Å². The molecule has 1 saturated carbocycles. The summed E-state index contributed by atoms with van der Waals surface area (Å²) in [6.07, 6.45) is 0.851. The molecular weight excluding hydrogens is 240 g/mol. The fourth-order valence-corrected chi connectivity index (χ4v) is 2.42. The lowest BCUT2D eigenvalue weighted by atomic mass is 10.3. The Morgan fingerprint density at radius 1 is 1.41 bits per heavy atom. The number of amides is 1. The number of rotatable bonds is 3. The van der Waals surface area contributed by atoms with Crippen LogP contribution in [-0.4, -0.2) is 14.3 Å². The standard InChI is InChI=1S/C11H14N2O3S/c1-7-6-8(7)11(14)13-9-4-2-3-5-10(9)17(12,15)16/h2-5,7-8H,6H2,1H3,(H,13,14)(H2,12,15,16). The zero-order valence-corrected chi connectivity index (χ0v) is 10.2. The average Bonchev–Trinajstić information content (AvgIpc) is 2.95. The molecule has 0 aliphatic heterocycles. The molecule has 1 aromatic rings. The highest BCUT2D eigenvalue weighted by molar-refractivity contribution is 7.89. The van der Waals surface area contributed by atoms with Gasteiger partial charge in [-0.2, -0.15) is 0 Å². The van der Waals surface area contributed by atoms with E-state index >= 15 is 0 Å². The summed E-state index contributed by atoms with van der Waals surface area (Å²) >= 11 is 0. The second-order valence-corrected chi connectivity index (χ2v) is 5.88. The lowest BCUT2D eigenvalue weighted by Crippen LogP contribution is -2.19. The number of anilines is 1. The largest absolute Gasteiger partial charge is 0.325 e. The van der Waals surface area contributed by atoms with Crippen molar-refractivity contribution < 1.29 is 13.2 Å². The van der Waals surface area contributed by atoms with Crippen LogP contribution in [0.1, 0.15) is 13.3 Å². The Balaban J connectivity index is 2.24. The van der Waals surface area contributed by atoms with Crippen molar-refractivity contribution in [3.63, 3.8) is 0 Å². The quantitative estimate of drug-likeness (QED) is 0.840. The lowest BCUT2D eigenvalue weighted by molar-refractivity contribution is -0.117. The summed E-state index contributed by atoms with van der Waals surface area (Å²) in [5.41, 5.74) is 0.249. The molecule has 5 nitrogen and oxygen atoms in total. The molecule has 1 aliphatic carbocycles. The maximum Gasteiger partial charge on any atom is 0.240 e. The van der Waals surface area contributed by atoms with E-state index in [0.29, 0.717) is 5.92 Å². The number of carbonyl (C=O) groups excluding carboxylic acids is 1. The van der Waals surface area contributed by atoms with Gasteiger partial charge in [0.15, 0.2) is 0 Å². The smallest absolute Gasteiger partial charge is 0.240 e. The minimum Gasteiger partial charge on any atom is -0.325 e. The van der Waals surface area contributed by atoms with Gasteiger partial charge < -0.3 is 5.32 Å². The molecule has 3 N–H and O–H groups in total. The number of benzene rings is 1. The van der Waals surface area contributed by atoms with Crippen molar-refractivity contribution in [2.45, 2.75) is 18.2 Å². The highest BCUT2D eigenvalue weighted by atomic mass is 32.2. The van der Waals surface area contributed by atoms with E-state index in [1.807, 2.05) is 6.92 Å². The maximum absolute atomic E-state index is 11.7. The topological polar surface area (TPSA) is 89.3 Å². The zero-order valence-electron chi connectivity index (χ0n) is 9.38. The Kier molecular flexibility index (Phi) is 2.92. The highest BCUT2D eigenvalue weighted by Gasteiger charge is 2.39. The molecule has 6 heteroatoms. The van der Waals surface area contributed by atoms with Crippen molar-refractivity contribution in [1.82, 2.24) is 0 Å². The zero-order chi connectivity index (χ0) is 12.6. The molecule has 2 rings (SSSR count). The number of carbonyl (C=O) groups is 1. The van der Waals surface area contributed by atoms with Crippen LogP contribution in [-0.2, 0) is 14.8 Å². The summed E-state index contributed by atoms with van der Waals surface area (Å²) in [5.74, 6) is 0.216. The molecule has 1 aromatic carbocycles. The minimum atomic E-state index is -3.81. The van der Waals surface area contributed by atoms with Crippen LogP contribution < -0.4 is 10.5 Å². The first-order chi connectivity index (χ1) is 7.89. The highest BCUT2D eigenvalue weighted by Crippen LogP contribution is 2.38. The second-order valence-electron chi connectivity index (χ2n) is 4.35. The van der Waals surface area contributed by atoms with Crippen molar-refractivity contribution >= 4 is 21.6 Å². The number of hydrogen-bond acceptors (Lipinski definition) is 3. The second kappa shape index (κ2) is 4.12. The SMILES string of the molecule is CC1CC1C(=O)Nc1ccccc1S(N)(=O)=O. The van der Waals surface area contributed by atoms with E-state index in [4.69, 9.17) is 5.14 Å². The number of nitrogens with one attached hydrogen (secondary N) is 1. The number of para-hydroxylation sites is 1. The Bertz CT molecular complexity index is 554. The van der Waals surface area contributed by atoms with E-state index < -0.39 is 10.0 Å². The normalized spacial score (nSPS) is 23.2. The van der Waals surface area contributed by atoms with Gasteiger partial charge in [0.1, 0.15) is 4.90 Å². The molecule has 92 valence electrons. The summed E-state index contributed by atoms with van der Waals surface area (Å²) < 4.78 is 22.6. The fraction of sp³-hybridized carbons (Fsp3) is 0.364. The van der Waals surface area contributed by atoms with Crippen molar-refractivity contribution in [2.24, 2.45) is 17.0 Å². The number of nitrogens with two attached hydrogens (primary N) is 1. The molecule has 2 unspecified atom stereocenters. The van der Waals surface area contributed by atoms with E-state index in [0.717, 1.165) is 6.42 Å². The van der Waals surface area contributed by atoms with E-state index in [9.17, 15) is 13.2 Å². The minimum absolute atomic E-state index is 0.0106. The first-order valence-electron chi connectivity index (χ1n) is 5.32. The molecule has 0 heterocycles. The third kappa shape index (κ3) is 2.65. The lowest BCUT2D eigenvalue weighted by Gasteiger charge is -2.08. The Labute approximate surface area is 100 Å². The van der Waals surface area contributed by atoms with E-state index in [1.54, 1.807) is 12.1 Å². The van der Waals surface area contributed by atoms with Crippen molar-refractivity contribution in [2.75, 3.05) is 5.32 Å². The van der Waals surface area contributed by atoms with Crippen LogP contribution in [0.3, 0.4) is 0 Å². The van der Waals surface area contributed by atoms with Crippen molar-refractivity contribution in [3.8, 4) is 0 Å². The molecule has 1 fully saturated rings. The Morgan fingerprint density at radius 3 is 2.53 bits per heavy atom. The van der Waals surface area contributed by atoms with Crippen LogP contribution in [0.5, 0.6) is 0 Å². The van der Waals surface area contributed by atoms with E-state index in [-0.39, 0.29) is 22.4 Å². The monoisotopic (exact) mass is 254 g/mol. The summed E-state index contributed by atoms with van der Waals surface area (Å²) in [5, 5.41) is 7.68. The number of primary sulfonamides is 1. The van der Waals surface area contributed by atoms with Gasteiger partial charge in [-0.25, -0.2) is 13.6 Å². The van der Waals surface area contributed by atoms with Crippen molar-refractivity contribution in [3.05, 3.63) is 24.3 Å². The number of hydrogen-bond donors (Lipinski definition) is 2. The third-order valence-corrected chi connectivity index (χ3v) is 3.87. The van der Waals surface area contributed by atoms with Crippen LogP contribution in [0.4, 0.5) is 5.69 Å². The molecule has 1 aliphatic rings. The third-order valence-electron chi connectivity index (χ3n) is 2.90. The molecule has 2 atom stereocenters. The van der Waals surface area contributed by atoms with Crippen LogP contribution in [0, 0.1) is 11.8 Å². The van der Waals surface area contributed by atoms with E-state index in [2.05, 4.69) is 5.32 Å². The van der Waals surface area contributed by atoms with Crippen molar-refractivity contribution in [1.29, 1.82) is 0 Å². The first kappa shape index (κ1) is 12.1. The predicted molar refractivity (Wildman–Crippen MR) is 63.7 cm³/mol. The summed E-state index contributed by atoms with van der Waals surface area (Å²) in [7, 11) is -3.81. The van der Waals surface area contributed by atoms with Gasteiger partial charge in [0, 0.05) is 5.92 Å². The van der Waals surface area contributed by atoms with Crippen LogP contribution in [0.25, 0.3) is 0 Å². The van der Waals surface area contributed by atoms with Gasteiger partial charge in [-0.1, -0.05) is 19.1 Å². The van der Waals surface area contributed by atoms with Gasteiger partial charge in [-0.05, 0) is 24.5 Å². The summed E-state index contributed by atoms with van der Waals surface area (Å²) in [6.45, 7) is 1.98. The van der Waals surface area contributed by atoms with Gasteiger partial charge in [0.05, 0.1) is 5.69 Å². The Hall–Kier alpha value is -1.40. The van der Waals surface area contributed by atoms with Gasteiger partial charge in [0.25, 0.3) is 0 Å². The first-order valence-corrected chi connectivity index (χ1v) is 6.87. The fourth-order valence-electron chi connectivity index (χ4n) is 1.73. The molecule has 0 bridgehead atoms. The van der Waals surface area contributed by atoms with Gasteiger partial charge in [0.2, 0.25) is 15.9 Å². The molecule has 0 spiro atoms. The number of sulfonamides is 1. The Morgan fingerprint density at radius 2 is 2.00 bits per heavy atom. The summed E-state index contributed by atoms with van der Waals surface area (Å²) in [4.78, 5) is 11.7. The van der Waals surface area contributed by atoms with Gasteiger partial charge in [-0.3, -0.25) is 4.79 Å². The predicted octanol–water partition coefficient (Wildman–Crippen LogP) is 0.928. The average molecular weight is 254 g/mol. The molecule has 0 aromatic heterocycles. The molecule has 0 radical (unpaired) electrons. The van der Waals surface area contributed by atoms with Gasteiger partial charge in [-0.15, -0.1) is 0 Å².